The molecule has 0 heterocycles. The molecule has 0 spiro atoms. The monoisotopic (exact) mass is 228 g/mol. The summed E-state index contributed by atoms with van der Waals surface area (Å²) in [6, 6.07) is 3.04. The number of Topliss-reactive ketones (excluding diaryl/α,β-unsaturated/α-hetero) is 1. The Balaban J connectivity index is 3.64. The van der Waals surface area contributed by atoms with Crippen LogP contribution in [0, 0.1) is 11.3 Å². The van der Waals surface area contributed by atoms with Crippen molar-refractivity contribution in [3.8, 4) is 6.07 Å². The number of carbonyl (C=O) groups is 1. The van der Waals surface area contributed by atoms with Crippen molar-refractivity contribution in [3.63, 3.8) is 0 Å². The van der Waals surface area contributed by atoms with Crippen molar-refractivity contribution in [2.24, 2.45) is 0 Å². The summed E-state index contributed by atoms with van der Waals surface area (Å²) in [7, 11) is 0. The van der Waals surface area contributed by atoms with E-state index in [9.17, 15) is 18.0 Å². The molecule has 2 N–H and O–H groups in total. The van der Waals surface area contributed by atoms with Crippen molar-refractivity contribution in [1.29, 1.82) is 5.26 Å². The van der Waals surface area contributed by atoms with Crippen molar-refractivity contribution < 1.29 is 18.0 Å². The van der Waals surface area contributed by atoms with Gasteiger partial charge in [-0.3, -0.25) is 4.79 Å². The van der Waals surface area contributed by atoms with Crippen LogP contribution in [0.25, 0.3) is 0 Å². The number of rotatable bonds is 1. The summed E-state index contributed by atoms with van der Waals surface area (Å²) in [6.07, 6.45) is -4.68. The number of benzene rings is 1. The van der Waals surface area contributed by atoms with Gasteiger partial charge in [0.1, 0.15) is 6.07 Å². The quantitative estimate of drug-likeness (QED) is 0.592. The van der Waals surface area contributed by atoms with Crippen molar-refractivity contribution >= 4 is 11.5 Å². The number of nitrogen functional groups attached to an aromatic ring is 1. The van der Waals surface area contributed by atoms with Crippen LogP contribution in [-0.2, 0) is 6.18 Å². The van der Waals surface area contributed by atoms with Crippen LogP contribution in [0.4, 0.5) is 18.9 Å². The maximum Gasteiger partial charge on any atom is 0.417 e. The molecule has 0 bridgehead atoms. The first kappa shape index (κ1) is 12.0. The zero-order chi connectivity index (χ0) is 12.5. The lowest BCUT2D eigenvalue weighted by molar-refractivity contribution is -0.137. The molecule has 0 atom stereocenters. The maximum absolute atomic E-state index is 12.5. The van der Waals surface area contributed by atoms with Gasteiger partial charge < -0.3 is 5.73 Å². The standard InChI is InChI=1S/C10H7F3N2O/c1-5(16)9-6(4-14)7(10(11,12)13)2-3-8(9)15/h2-3H,15H2,1H3. The lowest BCUT2D eigenvalue weighted by Gasteiger charge is -2.12. The number of halogens is 3. The van der Waals surface area contributed by atoms with E-state index in [1.165, 1.54) is 6.07 Å². The minimum atomic E-state index is -4.68. The van der Waals surface area contributed by atoms with Gasteiger partial charge in [0.25, 0.3) is 0 Å². The number of ketones is 1. The Labute approximate surface area is 89.3 Å². The van der Waals surface area contributed by atoms with Gasteiger partial charge in [-0.25, -0.2) is 0 Å². The molecule has 0 radical (unpaired) electrons. The predicted octanol–water partition coefficient (Wildman–Crippen LogP) is 2.36. The molecule has 0 fully saturated rings. The summed E-state index contributed by atoms with van der Waals surface area (Å²) in [5.41, 5.74) is 3.00. The summed E-state index contributed by atoms with van der Waals surface area (Å²) >= 11 is 0. The fourth-order valence-electron chi connectivity index (χ4n) is 1.35. The lowest BCUT2D eigenvalue weighted by atomic mass is 9.97. The van der Waals surface area contributed by atoms with Gasteiger partial charge in [-0.2, -0.15) is 18.4 Å². The highest BCUT2D eigenvalue weighted by atomic mass is 19.4. The summed E-state index contributed by atoms with van der Waals surface area (Å²) < 4.78 is 37.5. The molecule has 84 valence electrons. The first-order valence-electron chi connectivity index (χ1n) is 4.19. The number of anilines is 1. The summed E-state index contributed by atoms with van der Waals surface area (Å²) in [5.74, 6) is -0.667. The number of nitrogens with zero attached hydrogens (tertiary/aromatic N) is 1. The molecule has 0 aliphatic rings. The van der Waals surface area contributed by atoms with Gasteiger partial charge in [-0.1, -0.05) is 0 Å². The molecule has 0 saturated heterocycles. The van der Waals surface area contributed by atoms with E-state index in [0.717, 1.165) is 13.0 Å². The largest absolute Gasteiger partial charge is 0.417 e. The van der Waals surface area contributed by atoms with Gasteiger partial charge >= 0.3 is 6.18 Å². The second kappa shape index (κ2) is 3.85. The third kappa shape index (κ3) is 1.98. The van der Waals surface area contributed by atoms with Gasteiger partial charge in [0.15, 0.2) is 5.78 Å². The van der Waals surface area contributed by atoms with E-state index in [1.54, 1.807) is 0 Å². The average molecular weight is 228 g/mol. The fourth-order valence-corrected chi connectivity index (χ4v) is 1.35. The van der Waals surface area contributed by atoms with Crippen LogP contribution in [-0.4, -0.2) is 5.78 Å². The highest BCUT2D eigenvalue weighted by Gasteiger charge is 2.35. The van der Waals surface area contributed by atoms with Crippen LogP contribution in [0.2, 0.25) is 0 Å². The molecule has 0 unspecified atom stereocenters. The van der Waals surface area contributed by atoms with E-state index >= 15 is 0 Å². The van der Waals surface area contributed by atoms with E-state index in [2.05, 4.69) is 0 Å². The molecule has 0 amide bonds. The Kier molecular flexibility index (Phi) is 2.90. The highest BCUT2D eigenvalue weighted by molar-refractivity contribution is 6.01. The third-order valence-corrected chi connectivity index (χ3v) is 2.01. The van der Waals surface area contributed by atoms with Crippen LogP contribution in [0.1, 0.15) is 28.4 Å². The molecule has 1 aromatic rings. The zero-order valence-corrected chi connectivity index (χ0v) is 8.22. The third-order valence-electron chi connectivity index (χ3n) is 2.01. The van der Waals surface area contributed by atoms with Crippen LogP contribution in [0.3, 0.4) is 0 Å². The minimum Gasteiger partial charge on any atom is -0.398 e. The van der Waals surface area contributed by atoms with E-state index in [4.69, 9.17) is 11.0 Å². The van der Waals surface area contributed by atoms with E-state index < -0.39 is 23.1 Å². The second-order valence-corrected chi connectivity index (χ2v) is 3.12. The SMILES string of the molecule is CC(=O)c1c(N)ccc(C(F)(F)F)c1C#N. The maximum atomic E-state index is 12.5. The highest BCUT2D eigenvalue weighted by Crippen LogP contribution is 2.34. The number of hydrogen-bond donors (Lipinski definition) is 1. The van der Waals surface area contributed by atoms with Crippen molar-refractivity contribution in [2.75, 3.05) is 5.73 Å². The number of hydrogen-bond acceptors (Lipinski definition) is 3. The molecule has 16 heavy (non-hydrogen) atoms. The topological polar surface area (TPSA) is 66.9 Å². The molecule has 1 aromatic carbocycles. The molecule has 1 rings (SSSR count). The van der Waals surface area contributed by atoms with Crippen molar-refractivity contribution in [2.45, 2.75) is 13.1 Å². The van der Waals surface area contributed by atoms with Crippen molar-refractivity contribution in [1.82, 2.24) is 0 Å². The summed E-state index contributed by atoms with van der Waals surface area (Å²) in [4.78, 5) is 11.1. The van der Waals surface area contributed by atoms with Crippen LogP contribution < -0.4 is 5.73 Å². The molecule has 0 saturated carbocycles. The van der Waals surface area contributed by atoms with Gasteiger partial charge in [0, 0.05) is 5.69 Å². The van der Waals surface area contributed by atoms with Gasteiger partial charge in [-0.05, 0) is 19.1 Å². The average Bonchev–Trinajstić information content (AvgIpc) is 2.14. The smallest absolute Gasteiger partial charge is 0.398 e. The number of nitriles is 1. The van der Waals surface area contributed by atoms with Crippen molar-refractivity contribution in [3.05, 3.63) is 28.8 Å². The zero-order valence-electron chi connectivity index (χ0n) is 8.22. The van der Waals surface area contributed by atoms with Gasteiger partial charge in [0.05, 0.1) is 16.7 Å². The molecular weight excluding hydrogens is 221 g/mol. The Morgan fingerprint density at radius 2 is 2.00 bits per heavy atom. The Morgan fingerprint density at radius 1 is 1.44 bits per heavy atom. The normalized spacial score (nSPS) is 10.9. The van der Waals surface area contributed by atoms with Crippen LogP contribution in [0.15, 0.2) is 12.1 Å². The Morgan fingerprint density at radius 3 is 2.38 bits per heavy atom. The molecular formula is C10H7F3N2O. The van der Waals surface area contributed by atoms with Crippen LogP contribution >= 0.6 is 0 Å². The Bertz CT molecular complexity index is 486. The number of alkyl halides is 3. The van der Waals surface area contributed by atoms with Crippen LogP contribution in [0.5, 0.6) is 0 Å². The Hall–Kier alpha value is -2.03. The molecule has 0 aliphatic heterocycles. The molecule has 6 heteroatoms. The number of nitrogens with two attached hydrogens (primary N) is 1. The second-order valence-electron chi connectivity index (χ2n) is 3.12. The molecule has 3 nitrogen and oxygen atoms in total. The fraction of sp³-hybridized carbons (Fsp3) is 0.200. The first-order chi connectivity index (χ1) is 7.29. The minimum absolute atomic E-state index is 0.128. The lowest BCUT2D eigenvalue weighted by Crippen LogP contribution is -2.13. The summed E-state index contributed by atoms with van der Waals surface area (Å²) in [6.45, 7) is 1.06. The molecule has 0 aromatic heterocycles. The predicted molar refractivity (Wildman–Crippen MR) is 50.6 cm³/mol. The molecule has 0 aliphatic carbocycles. The van der Waals surface area contributed by atoms with E-state index in [0.29, 0.717) is 6.07 Å². The van der Waals surface area contributed by atoms with Gasteiger partial charge in [-0.15, -0.1) is 0 Å². The first-order valence-corrected chi connectivity index (χ1v) is 4.19. The van der Waals surface area contributed by atoms with Gasteiger partial charge in [0.2, 0.25) is 0 Å². The summed E-state index contributed by atoms with van der Waals surface area (Å²) in [5, 5.41) is 8.68. The van der Waals surface area contributed by atoms with E-state index in [-0.39, 0.29) is 11.3 Å². The van der Waals surface area contributed by atoms with E-state index in [1.807, 2.05) is 0 Å². The number of carbonyl (C=O) groups excluding carboxylic acids is 1.